The highest BCUT2D eigenvalue weighted by atomic mass is 16.6. The molecule has 0 aromatic carbocycles. The van der Waals surface area contributed by atoms with Gasteiger partial charge in [0.05, 0.1) is 37.8 Å². The first-order chi connectivity index (χ1) is 18.7. The van der Waals surface area contributed by atoms with Crippen LogP contribution in [0.25, 0.3) is 0 Å². The molecular weight excluding hydrogens is 512 g/mol. The number of ether oxygens (including phenoxy) is 4. The fourth-order valence-corrected chi connectivity index (χ4v) is 10.9. The molecule has 0 spiro atoms. The van der Waals surface area contributed by atoms with Crippen LogP contribution in [-0.4, -0.2) is 60.6 Å². The molecule has 0 amide bonds. The third-order valence-electron chi connectivity index (χ3n) is 12.6. The van der Waals surface area contributed by atoms with Crippen molar-refractivity contribution in [1.29, 1.82) is 0 Å². The quantitative estimate of drug-likeness (QED) is 0.310. The fraction of sp³-hybridized carbons (Fsp3) is 0.844. The van der Waals surface area contributed by atoms with Gasteiger partial charge in [-0.2, -0.15) is 0 Å². The molecular formula is C32H46O8. The molecule has 6 aliphatic rings. The van der Waals surface area contributed by atoms with Gasteiger partial charge in [-0.1, -0.05) is 53.2 Å². The van der Waals surface area contributed by atoms with E-state index in [0.717, 1.165) is 19.3 Å². The van der Waals surface area contributed by atoms with Crippen LogP contribution in [0.15, 0.2) is 11.6 Å². The van der Waals surface area contributed by atoms with Crippen molar-refractivity contribution in [3.05, 3.63) is 11.6 Å². The van der Waals surface area contributed by atoms with Crippen molar-refractivity contribution in [2.24, 2.45) is 51.2 Å². The molecule has 0 aromatic heterocycles. The highest BCUT2D eigenvalue weighted by Crippen LogP contribution is 2.75. The van der Waals surface area contributed by atoms with Crippen LogP contribution in [0.4, 0.5) is 0 Å². The Kier molecular flexibility index (Phi) is 6.37. The van der Waals surface area contributed by atoms with Crippen LogP contribution in [-0.2, 0) is 33.3 Å². The maximum absolute atomic E-state index is 13.1. The lowest BCUT2D eigenvalue weighted by atomic mass is 9.36. The summed E-state index contributed by atoms with van der Waals surface area (Å²) in [7, 11) is 0. The predicted molar refractivity (Wildman–Crippen MR) is 145 cm³/mol. The van der Waals surface area contributed by atoms with Crippen molar-refractivity contribution in [2.45, 2.75) is 105 Å². The minimum atomic E-state index is -0.763. The van der Waals surface area contributed by atoms with Crippen molar-refractivity contribution in [3.63, 3.8) is 0 Å². The van der Waals surface area contributed by atoms with E-state index in [1.54, 1.807) is 0 Å². The van der Waals surface area contributed by atoms with Gasteiger partial charge in [0.1, 0.15) is 12.2 Å². The summed E-state index contributed by atoms with van der Waals surface area (Å²) in [6.07, 6.45) is 3.68. The van der Waals surface area contributed by atoms with Gasteiger partial charge in [0.25, 0.3) is 0 Å². The van der Waals surface area contributed by atoms with Gasteiger partial charge in [-0.05, 0) is 36.5 Å². The number of allylic oxidation sites excluding steroid dienone is 1. The second-order valence-electron chi connectivity index (χ2n) is 14.9. The number of aliphatic hydroxyl groups is 1. The summed E-state index contributed by atoms with van der Waals surface area (Å²) >= 11 is 0. The topological polar surface area (TPSA) is 108 Å². The third-order valence-corrected chi connectivity index (χ3v) is 12.6. The minimum absolute atomic E-state index is 0.0278. The van der Waals surface area contributed by atoms with E-state index in [-0.39, 0.29) is 52.9 Å². The summed E-state index contributed by atoms with van der Waals surface area (Å²) in [6, 6.07) is 0. The molecule has 40 heavy (non-hydrogen) atoms. The Morgan fingerprint density at radius 3 is 2.48 bits per heavy atom. The molecule has 1 N–H and O–H groups in total. The van der Waals surface area contributed by atoms with Gasteiger partial charge in [0, 0.05) is 41.4 Å². The van der Waals surface area contributed by atoms with Crippen molar-refractivity contribution >= 4 is 17.9 Å². The number of rotatable bonds is 4. The maximum Gasteiger partial charge on any atom is 0.308 e. The smallest absolute Gasteiger partial charge is 0.308 e. The van der Waals surface area contributed by atoms with Crippen molar-refractivity contribution in [1.82, 2.24) is 0 Å². The standard InChI is InChI=1S/C32H46O8/c1-16(2)28(36)40-23-13-22(39-17(3)33)30(5)15-38-25-26(30)32(23,7)21-10-11-29(4)19(18-12-24(34)37-14-18)8-9-20(29)31(21,6)27(25)35/h9,16,18-19,21-23,25-27,35H,8,10-15H2,1-7H3. The van der Waals surface area contributed by atoms with Gasteiger partial charge in [-0.15, -0.1) is 0 Å². The number of carbonyl (C=O) groups is 3. The van der Waals surface area contributed by atoms with Gasteiger partial charge in [-0.3, -0.25) is 14.4 Å². The van der Waals surface area contributed by atoms with Crippen molar-refractivity contribution in [3.8, 4) is 0 Å². The summed E-state index contributed by atoms with van der Waals surface area (Å²) in [6.45, 7) is 14.8. The average Bonchev–Trinajstić information content (AvgIpc) is 3.56. The first-order valence-electron chi connectivity index (χ1n) is 15.2. The number of fused-ring (bicyclic) bond motifs is 4. The third kappa shape index (κ3) is 3.53. The van der Waals surface area contributed by atoms with E-state index in [9.17, 15) is 19.5 Å². The normalized spacial score (nSPS) is 50.9. The molecule has 222 valence electrons. The Morgan fingerprint density at radius 2 is 1.85 bits per heavy atom. The molecule has 0 aromatic rings. The van der Waals surface area contributed by atoms with Crippen LogP contribution in [0.3, 0.4) is 0 Å². The number of hydrogen-bond acceptors (Lipinski definition) is 8. The summed E-state index contributed by atoms with van der Waals surface area (Å²) in [5.41, 5.74) is -0.500. The Labute approximate surface area is 237 Å². The maximum atomic E-state index is 13.1. The molecule has 12 unspecified atom stereocenters. The molecule has 0 bridgehead atoms. The monoisotopic (exact) mass is 558 g/mol. The molecule has 2 aliphatic heterocycles. The van der Waals surface area contributed by atoms with Gasteiger partial charge in [-0.25, -0.2) is 0 Å². The van der Waals surface area contributed by atoms with Crippen molar-refractivity contribution in [2.75, 3.05) is 13.2 Å². The van der Waals surface area contributed by atoms with Crippen LogP contribution < -0.4 is 0 Å². The lowest BCUT2D eigenvalue weighted by Crippen LogP contribution is -2.73. The highest BCUT2D eigenvalue weighted by molar-refractivity contribution is 5.72. The Hall–Kier alpha value is -1.93. The van der Waals surface area contributed by atoms with E-state index in [0.29, 0.717) is 26.1 Å². The van der Waals surface area contributed by atoms with Crippen LogP contribution in [0, 0.1) is 51.2 Å². The molecule has 5 fully saturated rings. The first kappa shape index (κ1) is 28.2. The average molecular weight is 559 g/mol. The van der Waals surface area contributed by atoms with Gasteiger partial charge in [0.2, 0.25) is 0 Å². The number of cyclic esters (lactones) is 1. The second-order valence-corrected chi connectivity index (χ2v) is 14.9. The zero-order valence-corrected chi connectivity index (χ0v) is 25.0. The Bertz CT molecular complexity index is 1150. The SMILES string of the molecule is CC(=O)OC1CC(OC(=O)C(C)C)C2(C)C3C(OCC13C)C(O)C1(C)C3=CCC(C4COC(=O)C4)C3(C)CCC12. The molecule has 8 nitrogen and oxygen atoms in total. The molecule has 6 rings (SSSR count). The predicted octanol–water partition coefficient (Wildman–Crippen LogP) is 4.22. The van der Waals surface area contributed by atoms with Crippen LogP contribution in [0.5, 0.6) is 0 Å². The minimum Gasteiger partial charge on any atom is -0.465 e. The van der Waals surface area contributed by atoms with E-state index in [1.807, 2.05) is 13.8 Å². The van der Waals surface area contributed by atoms with Gasteiger partial charge in [0.15, 0.2) is 0 Å². The largest absolute Gasteiger partial charge is 0.465 e. The highest BCUT2D eigenvalue weighted by Gasteiger charge is 2.77. The summed E-state index contributed by atoms with van der Waals surface area (Å²) in [5.74, 6) is -0.685. The van der Waals surface area contributed by atoms with E-state index in [2.05, 4.69) is 33.8 Å². The Morgan fingerprint density at radius 1 is 1.12 bits per heavy atom. The number of esters is 3. The number of carbonyl (C=O) groups excluding carboxylic acids is 3. The summed E-state index contributed by atoms with van der Waals surface area (Å²) < 4.78 is 24.2. The van der Waals surface area contributed by atoms with E-state index in [1.165, 1.54) is 12.5 Å². The van der Waals surface area contributed by atoms with Gasteiger partial charge >= 0.3 is 17.9 Å². The van der Waals surface area contributed by atoms with E-state index >= 15 is 0 Å². The zero-order chi connectivity index (χ0) is 29.0. The number of aliphatic hydroxyl groups excluding tert-OH is 1. The van der Waals surface area contributed by atoms with E-state index in [4.69, 9.17) is 18.9 Å². The second kappa shape index (κ2) is 9.03. The molecule has 8 heteroatoms. The number of hydrogen-bond donors (Lipinski definition) is 1. The molecule has 2 heterocycles. The van der Waals surface area contributed by atoms with E-state index < -0.39 is 40.7 Å². The lowest BCUT2D eigenvalue weighted by molar-refractivity contribution is -0.264. The van der Waals surface area contributed by atoms with Crippen LogP contribution in [0.1, 0.15) is 80.6 Å². The molecule has 12 atom stereocenters. The van der Waals surface area contributed by atoms with Crippen LogP contribution >= 0.6 is 0 Å². The molecule has 4 aliphatic carbocycles. The summed E-state index contributed by atoms with van der Waals surface area (Å²) in [4.78, 5) is 37.4. The van der Waals surface area contributed by atoms with Gasteiger partial charge < -0.3 is 24.1 Å². The lowest BCUT2D eigenvalue weighted by Gasteiger charge is -2.69. The summed E-state index contributed by atoms with van der Waals surface area (Å²) in [5, 5.41) is 12.3. The molecule has 3 saturated carbocycles. The fourth-order valence-electron chi connectivity index (χ4n) is 10.9. The van der Waals surface area contributed by atoms with Crippen LogP contribution in [0.2, 0.25) is 0 Å². The molecule has 0 radical (unpaired) electrons. The van der Waals surface area contributed by atoms with Crippen molar-refractivity contribution < 1.29 is 38.4 Å². The first-order valence-corrected chi connectivity index (χ1v) is 15.2. The molecule has 2 saturated heterocycles. The zero-order valence-electron chi connectivity index (χ0n) is 25.0. The Balaban J connectivity index is 1.44.